The summed E-state index contributed by atoms with van der Waals surface area (Å²) in [6.07, 6.45) is 0.649. The van der Waals surface area contributed by atoms with Crippen LogP contribution in [0.4, 0.5) is 0 Å². The summed E-state index contributed by atoms with van der Waals surface area (Å²) < 4.78 is 15.3. The molecule has 1 aromatic carbocycles. The fraction of sp³-hybridized carbons (Fsp3) is 0.333. The standard InChI is InChI=1S/C15H18N2O4/c1-5-11-13(15(18)21-4)17-14(16-11)10-7-6-9(19-2)8-12(10)20-3/h6-8H,5H2,1-4H3,(H,16,17). The monoisotopic (exact) mass is 290 g/mol. The van der Waals surface area contributed by atoms with E-state index in [0.29, 0.717) is 29.4 Å². The SMILES string of the molecule is CCc1[nH]c(-c2ccc(OC)cc2OC)nc1C(=O)OC. The van der Waals surface area contributed by atoms with E-state index in [2.05, 4.69) is 9.97 Å². The summed E-state index contributed by atoms with van der Waals surface area (Å²) in [7, 11) is 4.50. The van der Waals surface area contributed by atoms with E-state index in [1.807, 2.05) is 19.1 Å². The Morgan fingerprint density at radius 1 is 1.24 bits per heavy atom. The van der Waals surface area contributed by atoms with Crippen LogP contribution in [0.5, 0.6) is 11.5 Å². The number of benzene rings is 1. The first-order chi connectivity index (χ1) is 10.1. The van der Waals surface area contributed by atoms with Crippen molar-refractivity contribution in [1.29, 1.82) is 0 Å². The molecule has 2 aromatic rings. The number of methoxy groups -OCH3 is 3. The molecule has 2 rings (SSSR count). The zero-order valence-corrected chi connectivity index (χ0v) is 12.5. The van der Waals surface area contributed by atoms with Crippen LogP contribution in [0.25, 0.3) is 11.4 Å². The van der Waals surface area contributed by atoms with Gasteiger partial charge in [0.1, 0.15) is 17.3 Å². The van der Waals surface area contributed by atoms with Gasteiger partial charge in [-0.15, -0.1) is 0 Å². The number of ether oxygens (including phenoxy) is 3. The Balaban J connectivity index is 2.51. The average Bonchev–Trinajstić information content (AvgIpc) is 2.97. The van der Waals surface area contributed by atoms with Crippen LogP contribution in [0, 0.1) is 0 Å². The minimum atomic E-state index is -0.457. The van der Waals surface area contributed by atoms with Crippen molar-refractivity contribution in [3.8, 4) is 22.9 Å². The summed E-state index contributed by atoms with van der Waals surface area (Å²) in [5, 5.41) is 0. The molecule has 6 nitrogen and oxygen atoms in total. The molecule has 0 unspecified atom stereocenters. The second-order valence-corrected chi connectivity index (χ2v) is 4.32. The number of aryl methyl sites for hydroxylation is 1. The zero-order chi connectivity index (χ0) is 15.4. The molecule has 0 radical (unpaired) electrons. The minimum absolute atomic E-state index is 0.299. The van der Waals surface area contributed by atoms with Gasteiger partial charge in [-0.3, -0.25) is 0 Å². The van der Waals surface area contributed by atoms with Crippen molar-refractivity contribution in [3.05, 3.63) is 29.6 Å². The molecule has 1 heterocycles. The van der Waals surface area contributed by atoms with Gasteiger partial charge in [0.05, 0.1) is 26.9 Å². The average molecular weight is 290 g/mol. The van der Waals surface area contributed by atoms with Crippen molar-refractivity contribution in [2.45, 2.75) is 13.3 Å². The summed E-state index contributed by atoms with van der Waals surface area (Å²) in [4.78, 5) is 19.2. The Kier molecular flexibility index (Phi) is 4.47. The molecule has 0 aliphatic heterocycles. The maximum absolute atomic E-state index is 11.7. The molecule has 112 valence electrons. The predicted octanol–water partition coefficient (Wildman–Crippen LogP) is 2.44. The number of aromatic amines is 1. The number of imidazole rings is 1. The first-order valence-corrected chi connectivity index (χ1v) is 6.54. The highest BCUT2D eigenvalue weighted by Gasteiger charge is 2.19. The van der Waals surface area contributed by atoms with Crippen LogP contribution in [-0.2, 0) is 11.2 Å². The molecule has 0 bridgehead atoms. The van der Waals surface area contributed by atoms with Gasteiger partial charge < -0.3 is 19.2 Å². The van der Waals surface area contributed by atoms with Gasteiger partial charge in [0.25, 0.3) is 0 Å². The third-order valence-electron chi connectivity index (χ3n) is 3.17. The summed E-state index contributed by atoms with van der Waals surface area (Å²) in [6.45, 7) is 1.94. The normalized spacial score (nSPS) is 10.3. The summed E-state index contributed by atoms with van der Waals surface area (Å²) in [5.41, 5.74) is 1.78. The summed E-state index contributed by atoms with van der Waals surface area (Å²) in [6, 6.07) is 5.40. The number of esters is 1. The fourth-order valence-corrected chi connectivity index (χ4v) is 2.05. The number of aromatic nitrogens is 2. The second kappa shape index (κ2) is 6.30. The first-order valence-electron chi connectivity index (χ1n) is 6.54. The topological polar surface area (TPSA) is 73.4 Å². The van der Waals surface area contributed by atoms with Crippen LogP contribution in [0.1, 0.15) is 23.1 Å². The van der Waals surface area contributed by atoms with Gasteiger partial charge in [-0.05, 0) is 18.6 Å². The molecule has 21 heavy (non-hydrogen) atoms. The van der Waals surface area contributed by atoms with Crippen molar-refractivity contribution in [1.82, 2.24) is 9.97 Å². The van der Waals surface area contributed by atoms with Crippen molar-refractivity contribution < 1.29 is 19.0 Å². The number of nitrogens with one attached hydrogen (secondary N) is 1. The number of hydrogen-bond acceptors (Lipinski definition) is 5. The fourth-order valence-electron chi connectivity index (χ4n) is 2.05. The van der Waals surface area contributed by atoms with E-state index < -0.39 is 5.97 Å². The molecular formula is C15H18N2O4. The molecule has 6 heteroatoms. The van der Waals surface area contributed by atoms with E-state index in [0.717, 1.165) is 11.3 Å². The van der Waals surface area contributed by atoms with Crippen LogP contribution in [0.3, 0.4) is 0 Å². The largest absolute Gasteiger partial charge is 0.497 e. The van der Waals surface area contributed by atoms with Gasteiger partial charge in [0.15, 0.2) is 5.69 Å². The van der Waals surface area contributed by atoms with Crippen LogP contribution in [-0.4, -0.2) is 37.3 Å². The molecule has 0 atom stereocenters. The van der Waals surface area contributed by atoms with Crippen LogP contribution in [0.15, 0.2) is 18.2 Å². The third kappa shape index (κ3) is 2.84. The molecule has 0 amide bonds. The van der Waals surface area contributed by atoms with Crippen LogP contribution in [0.2, 0.25) is 0 Å². The Morgan fingerprint density at radius 3 is 2.57 bits per heavy atom. The molecule has 0 aliphatic carbocycles. The number of carbonyl (C=O) groups is 1. The van der Waals surface area contributed by atoms with E-state index >= 15 is 0 Å². The lowest BCUT2D eigenvalue weighted by Gasteiger charge is -2.08. The second-order valence-electron chi connectivity index (χ2n) is 4.32. The Morgan fingerprint density at radius 2 is 2.00 bits per heavy atom. The highest BCUT2D eigenvalue weighted by molar-refractivity contribution is 5.89. The Bertz CT molecular complexity index is 649. The van der Waals surface area contributed by atoms with Gasteiger partial charge in [-0.2, -0.15) is 0 Å². The van der Waals surface area contributed by atoms with E-state index in [1.54, 1.807) is 20.3 Å². The molecule has 0 saturated carbocycles. The van der Waals surface area contributed by atoms with Gasteiger partial charge in [-0.1, -0.05) is 6.92 Å². The van der Waals surface area contributed by atoms with E-state index in [9.17, 15) is 4.79 Å². The number of nitrogens with zero attached hydrogens (tertiary/aromatic N) is 1. The molecule has 0 aliphatic rings. The molecule has 0 spiro atoms. The van der Waals surface area contributed by atoms with Crippen molar-refractivity contribution in [2.75, 3.05) is 21.3 Å². The lowest BCUT2D eigenvalue weighted by Crippen LogP contribution is -2.04. The number of hydrogen-bond donors (Lipinski definition) is 1. The van der Waals surface area contributed by atoms with Crippen molar-refractivity contribution in [3.63, 3.8) is 0 Å². The quantitative estimate of drug-likeness (QED) is 0.856. The van der Waals surface area contributed by atoms with E-state index in [1.165, 1.54) is 7.11 Å². The maximum Gasteiger partial charge on any atom is 0.358 e. The van der Waals surface area contributed by atoms with E-state index in [4.69, 9.17) is 14.2 Å². The molecule has 0 fully saturated rings. The minimum Gasteiger partial charge on any atom is -0.497 e. The van der Waals surface area contributed by atoms with Gasteiger partial charge in [0, 0.05) is 11.8 Å². The molecule has 1 N–H and O–H groups in total. The third-order valence-corrected chi connectivity index (χ3v) is 3.17. The lowest BCUT2D eigenvalue weighted by atomic mass is 10.2. The zero-order valence-electron chi connectivity index (χ0n) is 12.5. The maximum atomic E-state index is 11.7. The Labute approximate surface area is 123 Å². The lowest BCUT2D eigenvalue weighted by molar-refractivity contribution is 0.0593. The highest BCUT2D eigenvalue weighted by atomic mass is 16.5. The van der Waals surface area contributed by atoms with Gasteiger partial charge >= 0.3 is 5.97 Å². The van der Waals surface area contributed by atoms with E-state index in [-0.39, 0.29) is 0 Å². The number of H-pyrrole nitrogens is 1. The molecule has 0 saturated heterocycles. The summed E-state index contributed by atoms with van der Waals surface area (Å²) >= 11 is 0. The summed E-state index contributed by atoms with van der Waals surface area (Å²) in [5.74, 6) is 1.40. The van der Waals surface area contributed by atoms with Crippen molar-refractivity contribution >= 4 is 5.97 Å². The van der Waals surface area contributed by atoms with Crippen molar-refractivity contribution in [2.24, 2.45) is 0 Å². The number of rotatable bonds is 5. The van der Waals surface area contributed by atoms with Gasteiger partial charge in [0.2, 0.25) is 0 Å². The van der Waals surface area contributed by atoms with Crippen LogP contribution >= 0.6 is 0 Å². The Hall–Kier alpha value is -2.50. The molecule has 1 aromatic heterocycles. The van der Waals surface area contributed by atoms with Crippen LogP contribution < -0.4 is 9.47 Å². The molecular weight excluding hydrogens is 272 g/mol. The van der Waals surface area contributed by atoms with Gasteiger partial charge in [-0.25, -0.2) is 9.78 Å². The predicted molar refractivity (Wildman–Crippen MR) is 77.8 cm³/mol. The highest BCUT2D eigenvalue weighted by Crippen LogP contribution is 2.32. The number of carbonyl (C=O) groups excluding carboxylic acids is 1. The smallest absolute Gasteiger partial charge is 0.358 e. The first kappa shape index (κ1) is 14.9.